The molecule has 1 aliphatic heterocycles. The lowest BCUT2D eigenvalue weighted by atomic mass is 9.90. The van der Waals surface area contributed by atoms with Gasteiger partial charge in [-0.1, -0.05) is 25.3 Å². The van der Waals surface area contributed by atoms with Gasteiger partial charge in [-0.25, -0.2) is 9.59 Å². The summed E-state index contributed by atoms with van der Waals surface area (Å²) in [6.07, 6.45) is 4.31. The third-order valence-electron chi connectivity index (χ3n) is 8.09. The minimum absolute atomic E-state index is 0.00786. The number of carbonyl (C=O) groups is 4. The van der Waals surface area contributed by atoms with Crippen molar-refractivity contribution >= 4 is 23.6 Å². The summed E-state index contributed by atoms with van der Waals surface area (Å²) in [7, 11) is 0. The highest BCUT2D eigenvalue weighted by Gasteiger charge is 2.33. The molecule has 1 saturated heterocycles. The molecule has 0 radical (unpaired) electrons. The number of amides is 1. The number of ether oxygens (including phenoxy) is 2. The highest BCUT2D eigenvalue weighted by atomic mass is 16.5. The SMILES string of the molecule is O=C(N[C@H]1CNC[C@@H]1OC(=O)c1cc(O)c(C(=O)c2c(O)cccc2C(=O)OCC2CCCCC2)c(O)c1)c1ccc(O)cc1. The normalized spacial score (nSPS) is 18.2. The van der Waals surface area contributed by atoms with E-state index in [2.05, 4.69) is 10.6 Å². The quantitative estimate of drug-likeness (QED) is 0.152. The van der Waals surface area contributed by atoms with Gasteiger partial charge >= 0.3 is 11.9 Å². The fourth-order valence-electron chi connectivity index (χ4n) is 5.65. The van der Waals surface area contributed by atoms with E-state index in [0.29, 0.717) is 12.1 Å². The molecule has 1 heterocycles. The Balaban J connectivity index is 1.29. The minimum atomic E-state index is -1.05. The molecule has 12 nitrogen and oxygen atoms in total. The second-order valence-corrected chi connectivity index (χ2v) is 11.2. The lowest BCUT2D eigenvalue weighted by Gasteiger charge is -2.21. The Hall–Kier alpha value is -5.10. The largest absolute Gasteiger partial charge is 0.508 e. The first-order valence-electron chi connectivity index (χ1n) is 14.7. The molecule has 1 aliphatic carbocycles. The van der Waals surface area contributed by atoms with E-state index >= 15 is 0 Å². The topological polar surface area (TPSA) is 192 Å². The molecule has 236 valence electrons. The van der Waals surface area contributed by atoms with Gasteiger partial charge in [0, 0.05) is 18.7 Å². The third-order valence-corrected chi connectivity index (χ3v) is 8.09. The van der Waals surface area contributed by atoms with Crippen LogP contribution in [-0.4, -0.2) is 75.9 Å². The molecule has 3 aromatic rings. The van der Waals surface area contributed by atoms with Gasteiger partial charge in [-0.05, 0) is 67.3 Å². The van der Waals surface area contributed by atoms with Crippen molar-refractivity contribution in [3.05, 3.63) is 82.4 Å². The number of hydrogen-bond donors (Lipinski definition) is 6. The predicted octanol–water partition coefficient (Wildman–Crippen LogP) is 3.40. The predicted molar refractivity (Wildman–Crippen MR) is 160 cm³/mol. The fourth-order valence-corrected chi connectivity index (χ4v) is 5.65. The highest BCUT2D eigenvalue weighted by molar-refractivity contribution is 6.18. The van der Waals surface area contributed by atoms with Gasteiger partial charge in [-0.2, -0.15) is 0 Å². The average molecular weight is 619 g/mol. The van der Waals surface area contributed by atoms with E-state index in [1.54, 1.807) is 0 Å². The van der Waals surface area contributed by atoms with Crippen molar-refractivity contribution < 1.29 is 49.1 Å². The molecule has 1 amide bonds. The van der Waals surface area contributed by atoms with Gasteiger partial charge in [-0.3, -0.25) is 9.59 Å². The van der Waals surface area contributed by atoms with Gasteiger partial charge in [-0.15, -0.1) is 0 Å². The third kappa shape index (κ3) is 7.18. The Bertz CT molecular complexity index is 1570. The first-order valence-corrected chi connectivity index (χ1v) is 14.7. The summed E-state index contributed by atoms with van der Waals surface area (Å²) >= 11 is 0. The lowest BCUT2D eigenvalue weighted by Crippen LogP contribution is -2.44. The number of ketones is 1. The number of carbonyl (C=O) groups excluding carboxylic acids is 4. The van der Waals surface area contributed by atoms with Crippen molar-refractivity contribution in [3.63, 3.8) is 0 Å². The molecule has 12 heteroatoms. The summed E-state index contributed by atoms with van der Waals surface area (Å²) in [6.45, 7) is 0.693. The average Bonchev–Trinajstić information content (AvgIpc) is 3.45. The van der Waals surface area contributed by atoms with Gasteiger partial charge < -0.3 is 40.5 Å². The first kappa shape index (κ1) is 31.3. The number of nitrogens with one attached hydrogen (secondary N) is 2. The zero-order valence-electron chi connectivity index (χ0n) is 24.3. The maximum Gasteiger partial charge on any atom is 0.339 e. The molecule has 1 saturated carbocycles. The standard InChI is InChI=1S/C33H34N2O10/c36-21-11-9-19(10-12-21)31(41)35-23-15-34-16-27(23)45-32(42)20-13-25(38)29(26(39)14-20)30(40)28-22(7-4-8-24(28)37)33(43)44-17-18-5-2-1-3-6-18/h4,7-14,18,23,27,34,36-39H,1-3,5-6,15-17H2,(H,35,41)/t23-,27-/m0/s1. The zero-order chi connectivity index (χ0) is 32.1. The number of esters is 2. The maximum absolute atomic E-state index is 13.5. The smallest absolute Gasteiger partial charge is 0.339 e. The fraction of sp³-hybridized carbons (Fsp3) is 0.333. The number of rotatable bonds is 9. The van der Waals surface area contributed by atoms with Crippen LogP contribution < -0.4 is 10.6 Å². The van der Waals surface area contributed by atoms with E-state index < -0.39 is 64.2 Å². The van der Waals surface area contributed by atoms with Crippen LogP contribution in [0.1, 0.15) is 79.1 Å². The molecule has 0 aromatic heterocycles. The molecule has 2 fully saturated rings. The van der Waals surface area contributed by atoms with Gasteiger partial charge in [0.2, 0.25) is 5.78 Å². The molecule has 0 spiro atoms. The zero-order valence-corrected chi connectivity index (χ0v) is 24.3. The first-order chi connectivity index (χ1) is 21.6. The minimum Gasteiger partial charge on any atom is -0.508 e. The Labute approximate surface area is 258 Å². The molecule has 0 unspecified atom stereocenters. The molecule has 0 bridgehead atoms. The number of hydrogen-bond acceptors (Lipinski definition) is 11. The van der Waals surface area contributed by atoms with Crippen molar-refractivity contribution in [2.75, 3.05) is 19.7 Å². The van der Waals surface area contributed by atoms with Crippen LogP contribution in [0.3, 0.4) is 0 Å². The second-order valence-electron chi connectivity index (χ2n) is 11.2. The lowest BCUT2D eigenvalue weighted by molar-refractivity contribution is 0.0282. The monoisotopic (exact) mass is 618 g/mol. The molecule has 2 atom stereocenters. The van der Waals surface area contributed by atoms with Crippen molar-refractivity contribution in [1.29, 1.82) is 0 Å². The number of phenolic OH excluding ortho intramolecular Hbond substituents is 4. The van der Waals surface area contributed by atoms with Crippen LogP contribution in [0.5, 0.6) is 23.0 Å². The van der Waals surface area contributed by atoms with Gasteiger partial charge in [0.15, 0.2) is 0 Å². The Kier molecular flexibility index (Phi) is 9.53. The molecule has 5 rings (SSSR count). The van der Waals surface area contributed by atoms with Crippen LogP contribution in [-0.2, 0) is 9.47 Å². The molecule has 45 heavy (non-hydrogen) atoms. The van der Waals surface area contributed by atoms with Crippen molar-refractivity contribution in [1.82, 2.24) is 10.6 Å². The number of phenols is 4. The van der Waals surface area contributed by atoms with E-state index in [4.69, 9.17) is 9.47 Å². The Morgan fingerprint density at radius 2 is 1.47 bits per heavy atom. The summed E-state index contributed by atoms with van der Waals surface area (Å²) in [5.74, 6) is -5.14. The molecule has 3 aromatic carbocycles. The van der Waals surface area contributed by atoms with Crippen molar-refractivity contribution in [2.45, 2.75) is 44.2 Å². The number of benzene rings is 3. The van der Waals surface area contributed by atoms with Crippen LogP contribution in [0.4, 0.5) is 0 Å². The van der Waals surface area contributed by atoms with E-state index in [0.717, 1.165) is 44.2 Å². The molecule has 6 N–H and O–H groups in total. The van der Waals surface area contributed by atoms with Gasteiger partial charge in [0.25, 0.3) is 5.91 Å². The summed E-state index contributed by atoms with van der Waals surface area (Å²) in [6, 6.07) is 10.8. The van der Waals surface area contributed by atoms with Crippen molar-refractivity contribution in [3.8, 4) is 23.0 Å². The van der Waals surface area contributed by atoms with E-state index in [1.807, 2.05) is 0 Å². The van der Waals surface area contributed by atoms with Crippen LogP contribution in [0.25, 0.3) is 0 Å². The van der Waals surface area contributed by atoms with E-state index in [1.165, 1.54) is 42.5 Å². The summed E-state index contributed by atoms with van der Waals surface area (Å²) in [4.78, 5) is 52.1. The van der Waals surface area contributed by atoms with Crippen LogP contribution >= 0.6 is 0 Å². The van der Waals surface area contributed by atoms with E-state index in [9.17, 15) is 39.6 Å². The molecule has 2 aliphatic rings. The summed E-state index contributed by atoms with van der Waals surface area (Å²) in [5.41, 5.74) is -1.30. The summed E-state index contributed by atoms with van der Waals surface area (Å²) in [5, 5.41) is 47.3. The van der Waals surface area contributed by atoms with Crippen molar-refractivity contribution in [2.24, 2.45) is 5.92 Å². The second kappa shape index (κ2) is 13.7. The van der Waals surface area contributed by atoms with Crippen LogP contribution in [0.15, 0.2) is 54.6 Å². The highest BCUT2D eigenvalue weighted by Crippen LogP contribution is 2.35. The van der Waals surface area contributed by atoms with Crippen LogP contribution in [0, 0.1) is 5.92 Å². The number of aromatic hydroxyl groups is 4. The summed E-state index contributed by atoms with van der Waals surface area (Å²) < 4.78 is 11.0. The van der Waals surface area contributed by atoms with Gasteiger partial charge in [0.05, 0.1) is 29.3 Å². The van der Waals surface area contributed by atoms with E-state index in [-0.39, 0.29) is 35.9 Å². The Morgan fingerprint density at radius 1 is 0.778 bits per heavy atom. The molecular formula is C33H34N2O10. The maximum atomic E-state index is 13.5. The molecular weight excluding hydrogens is 584 g/mol. The Morgan fingerprint density at radius 3 is 2.16 bits per heavy atom. The van der Waals surface area contributed by atoms with Crippen LogP contribution in [0.2, 0.25) is 0 Å². The van der Waals surface area contributed by atoms with Gasteiger partial charge in [0.1, 0.15) is 34.7 Å².